The van der Waals surface area contributed by atoms with Crippen LogP contribution in [0.15, 0.2) is 0 Å². The first-order valence-corrected chi connectivity index (χ1v) is 8.28. The van der Waals surface area contributed by atoms with Gasteiger partial charge in [0.15, 0.2) is 0 Å². The molecule has 0 aromatic carbocycles. The molecule has 1 heterocycles. The molecule has 120 valence electrons. The lowest BCUT2D eigenvalue weighted by Crippen LogP contribution is -2.48. The molecule has 2 amide bonds. The van der Waals surface area contributed by atoms with Crippen LogP contribution in [0.2, 0.25) is 0 Å². The number of carbonyl (C=O) groups is 2. The molecule has 1 aliphatic carbocycles. The van der Waals surface area contributed by atoms with Crippen LogP contribution in [-0.4, -0.2) is 41.6 Å². The van der Waals surface area contributed by atoms with Gasteiger partial charge in [-0.1, -0.05) is 26.2 Å². The zero-order valence-corrected chi connectivity index (χ0v) is 13.1. The van der Waals surface area contributed by atoms with Crippen LogP contribution < -0.4 is 5.32 Å². The Morgan fingerprint density at radius 3 is 2.33 bits per heavy atom. The lowest BCUT2D eigenvalue weighted by Gasteiger charge is -2.44. The van der Waals surface area contributed by atoms with E-state index in [1.54, 1.807) is 6.92 Å². The van der Waals surface area contributed by atoms with Gasteiger partial charge in [-0.15, -0.1) is 0 Å². The highest BCUT2D eigenvalue weighted by Gasteiger charge is 2.36. The third-order valence-corrected chi connectivity index (χ3v) is 5.30. The number of carboxylic acid groups (broad SMARTS) is 1. The molecule has 5 nitrogen and oxygen atoms in total. The van der Waals surface area contributed by atoms with Crippen molar-refractivity contribution in [1.29, 1.82) is 0 Å². The van der Waals surface area contributed by atoms with E-state index in [9.17, 15) is 9.59 Å². The number of nitrogens with one attached hydrogen (secondary N) is 1. The van der Waals surface area contributed by atoms with Gasteiger partial charge in [0.25, 0.3) is 0 Å². The van der Waals surface area contributed by atoms with Gasteiger partial charge in [0.05, 0.1) is 5.92 Å². The summed E-state index contributed by atoms with van der Waals surface area (Å²) >= 11 is 0. The van der Waals surface area contributed by atoms with E-state index in [0.29, 0.717) is 18.4 Å². The van der Waals surface area contributed by atoms with E-state index in [1.807, 2.05) is 4.90 Å². The van der Waals surface area contributed by atoms with Gasteiger partial charge in [0.2, 0.25) is 0 Å². The highest BCUT2D eigenvalue weighted by atomic mass is 16.4. The van der Waals surface area contributed by atoms with Crippen LogP contribution in [0.3, 0.4) is 0 Å². The van der Waals surface area contributed by atoms with E-state index in [-0.39, 0.29) is 6.03 Å². The lowest BCUT2D eigenvalue weighted by atomic mass is 9.68. The van der Waals surface area contributed by atoms with Crippen LogP contribution in [0.4, 0.5) is 4.79 Å². The summed E-state index contributed by atoms with van der Waals surface area (Å²) in [7, 11) is 0. The Bertz CT molecular complexity index is 368. The molecule has 2 N–H and O–H groups in total. The average Bonchev–Trinajstić information content (AvgIpc) is 2.48. The number of urea groups is 1. The van der Waals surface area contributed by atoms with Gasteiger partial charge < -0.3 is 15.3 Å². The van der Waals surface area contributed by atoms with Gasteiger partial charge in [-0.3, -0.25) is 4.79 Å². The molecule has 1 saturated carbocycles. The Morgan fingerprint density at radius 1 is 1.14 bits per heavy atom. The Labute approximate surface area is 127 Å². The number of hydrogen-bond acceptors (Lipinski definition) is 2. The largest absolute Gasteiger partial charge is 0.481 e. The molecule has 0 aromatic heterocycles. The van der Waals surface area contributed by atoms with Crippen molar-refractivity contribution in [2.24, 2.45) is 11.3 Å². The Hall–Kier alpha value is -1.26. The third-order valence-electron chi connectivity index (χ3n) is 5.30. The predicted octanol–water partition coefficient (Wildman–Crippen LogP) is 2.85. The van der Waals surface area contributed by atoms with Crippen molar-refractivity contribution in [2.75, 3.05) is 19.6 Å². The smallest absolute Gasteiger partial charge is 0.317 e. The molecule has 2 aliphatic rings. The van der Waals surface area contributed by atoms with Gasteiger partial charge in [-0.2, -0.15) is 0 Å². The number of piperidine rings is 1. The standard InChI is InChI=1S/C16H28N2O3/c1-13(14(19)20)5-10-17-15(21)18-11-8-16(9-12-18)6-3-2-4-7-16/h13H,2-12H2,1H3,(H,17,21)(H,19,20). The summed E-state index contributed by atoms with van der Waals surface area (Å²) < 4.78 is 0. The molecule has 2 fully saturated rings. The van der Waals surface area contributed by atoms with Gasteiger partial charge in [0.1, 0.15) is 0 Å². The fourth-order valence-corrected chi connectivity index (χ4v) is 3.62. The van der Waals surface area contributed by atoms with Crippen molar-refractivity contribution < 1.29 is 14.7 Å². The fraction of sp³-hybridized carbons (Fsp3) is 0.875. The monoisotopic (exact) mass is 296 g/mol. The molecule has 0 radical (unpaired) electrons. The molecule has 0 aromatic rings. The number of rotatable bonds is 4. The van der Waals surface area contributed by atoms with Crippen molar-refractivity contribution in [3.8, 4) is 0 Å². The first-order valence-electron chi connectivity index (χ1n) is 8.28. The van der Waals surface area contributed by atoms with Crippen molar-refractivity contribution in [3.63, 3.8) is 0 Å². The minimum absolute atomic E-state index is 0.0294. The molecule has 1 unspecified atom stereocenters. The minimum Gasteiger partial charge on any atom is -0.481 e. The molecule has 21 heavy (non-hydrogen) atoms. The predicted molar refractivity (Wildman–Crippen MR) is 81.1 cm³/mol. The highest BCUT2D eigenvalue weighted by molar-refractivity contribution is 5.74. The lowest BCUT2D eigenvalue weighted by molar-refractivity contribution is -0.141. The van der Waals surface area contributed by atoms with Gasteiger partial charge in [-0.25, -0.2) is 4.79 Å². The molecule has 1 atom stereocenters. The molecular formula is C16H28N2O3. The highest BCUT2D eigenvalue weighted by Crippen LogP contribution is 2.44. The number of carboxylic acids is 1. The van der Waals surface area contributed by atoms with Crippen molar-refractivity contribution >= 4 is 12.0 Å². The summed E-state index contributed by atoms with van der Waals surface area (Å²) in [5, 5.41) is 11.7. The van der Waals surface area contributed by atoms with Crippen LogP contribution >= 0.6 is 0 Å². The summed E-state index contributed by atoms with van der Waals surface area (Å²) in [4.78, 5) is 24.7. The maximum atomic E-state index is 12.1. The molecule has 1 saturated heterocycles. The number of aliphatic carboxylic acids is 1. The van der Waals surface area contributed by atoms with Crippen LogP contribution in [0.5, 0.6) is 0 Å². The zero-order chi connectivity index (χ0) is 15.3. The average molecular weight is 296 g/mol. The van der Waals surface area contributed by atoms with Gasteiger partial charge >= 0.3 is 12.0 Å². The summed E-state index contributed by atoms with van der Waals surface area (Å²) in [6, 6.07) is -0.0294. The topological polar surface area (TPSA) is 69.6 Å². The Morgan fingerprint density at radius 2 is 1.76 bits per heavy atom. The van der Waals surface area contributed by atoms with E-state index in [4.69, 9.17) is 5.11 Å². The summed E-state index contributed by atoms with van der Waals surface area (Å²) in [5.41, 5.74) is 0.507. The van der Waals surface area contributed by atoms with E-state index >= 15 is 0 Å². The van der Waals surface area contributed by atoms with Crippen LogP contribution in [0, 0.1) is 11.3 Å². The number of likely N-dealkylation sites (tertiary alicyclic amines) is 1. The molecule has 5 heteroatoms. The Kier molecular flexibility index (Phi) is 5.48. The first kappa shape index (κ1) is 16.1. The van der Waals surface area contributed by atoms with Crippen LogP contribution in [0.25, 0.3) is 0 Å². The second-order valence-corrected chi connectivity index (χ2v) is 6.81. The van der Waals surface area contributed by atoms with Crippen LogP contribution in [0.1, 0.15) is 58.3 Å². The van der Waals surface area contributed by atoms with E-state index in [1.165, 1.54) is 32.1 Å². The normalized spacial score (nSPS) is 22.8. The summed E-state index contributed by atoms with van der Waals surface area (Å²) in [6.07, 6.45) is 9.47. The minimum atomic E-state index is -0.804. The maximum absolute atomic E-state index is 12.1. The molecule has 0 bridgehead atoms. The van der Waals surface area contributed by atoms with Gasteiger partial charge in [0, 0.05) is 19.6 Å². The van der Waals surface area contributed by atoms with E-state index < -0.39 is 11.9 Å². The molecular weight excluding hydrogens is 268 g/mol. The van der Waals surface area contributed by atoms with Crippen molar-refractivity contribution in [1.82, 2.24) is 10.2 Å². The number of carbonyl (C=O) groups excluding carboxylic acids is 1. The first-order chi connectivity index (χ1) is 10.0. The molecule has 1 spiro atoms. The Balaban J connectivity index is 1.69. The molecule has 1 aliphatic heterocycles. The molecule has 2 rings (SSSR count). The fourth-order valence-electron chi connectivity index (χ4n) is 3.62. The summed E-state index contributed by atoms with van der Waals surface area (Å²) in [5.74, 6) is -1.21. The number of amides is 2. The van der Waals surface area contributed by atoms with Gasteiger partial charge in [-0.05, 0) is 37.5 Å². The summed E-state index contributed by atoms with van der Waals surface area (Å²) in [6.45, 7) is 3.80. The third kappa shape index (κ3) is 4.35. The second-order valence-electron chi connectivity index (χ2n) is 6.81. The number of hydrogen-bond donors (Lipinski definition) is 2. The van der Waals surface area contributed by atoms with Crippen LogP contribution in [-0.2, 0) is 4.79 Å². The van der Waals surface area contributed by atoms with Crippen molar-refractivity contribution in [2.45, 2.75) is 58.3 Å². The quantitative estimate of drug-likeness (QED) is 0.838. The SMILES string of the molecule is CC(CCNC(=O)N1CCC2(CCCCC2)CC1)C(=O)O. The maximum Gasteiger partial charge on any atom is 0.317 e. The van der Waals surface area contributed by atoms with E-state index in [2.05, 4.69) is 5.32 Å². The number of nitrogens with zero attached hydrogens (tertiary/aromatic N) is 1. The van der Waals surface area contributed by atoms with E-state index in [0.717, 1.165) is 25.9 Å². The zero-order valence-electron chi connectivity index (χ0n) is 13.1. The van der Waals surface area contributed by atoms with Crippen molar-refractivity contribution in [3.05, 3.63) is 0 Å². The second kappa shape index (κ2) is 7.14.